The normalized spacial score (nSPS) is 35.4. The van der Waals surface area contributed by atoms with Gasteiger partial charge in [0.2, 0.25) is 0 Å². The van der Waals surface area contributed by atoms with Crippen LogP contribution in [0.3, 0.4) is 0 Å². The van der Waals surface area contributed by atoms with Gasteiger partial charge < -0.3 is 9.47 Å². The molecule has 6 heteroatoms. The van der Waals surface area contributed by atoms with Crippen molar-refractivity contribution in [2.45, 2.75) is 31.3 Å². The smallest absolute Gasteiger partial charge is 0.264 e. The van der Waals surface area contributed by atoms with E-state index in [0.29, 0.717) is 0 Å². The molecule has 5 nitrogen and oxygen atoms in total. The molecule has 1 fully saturated rings. The number of ether oxygens (including phenoxy) is 2. The minimum atomic E-state index is -3.43. The van der Waals surface area contributed by atoms with Crippen LogP contribution < -0.4 is 0 Å². The third-order valence-electron chi connectivity index (χ3n) is 2.33. The van der Waals surface area contributed by atoms with Crippen LogP contribution in [0.25, 0.3) is 0 Å². The summed E-state index contributed by atoms with van der Waals surface area (Å²) in [5.41, 5.74) is 0. The monoisotopic (exact) mass is 234 g/mol. The highest BCUT2D eigenvalue weighted by atomic mass is 32.2. The molecule has 0 N–H and O–H groups in total. The van der Waals surface area contributed by atoms with Gasteiger partial charge in [0.25, 0.3) is 10.1 Å². The minimum Gasteiger partial charge on any atom is -0.346 e. The lowest BCUT2D eigenvalue weighted by molar-refractivity contribution is -0.242. The van der Waals surface area contributed by atoms with Gasteiger partial charge in [-0.25, -0.2) is 0 Å². The molecule has 86 valence electrons. The summed E-state index contributed by atoms with van der Waals surface area (Å²) in [6, 6.07) is 0. The Bertz CT molecular complexity index is 348. The highest BCUT2D eigenvalue weighted by Crippen LogP contribution is 2.26. The standard InChI is InChI=1S/C9H14O5S/c1-15(10,11)12-6-9-13-7-3-2-4-8(5-7)14-9/h2-3,7-9H,4-6H2,1H3. The Labute approximate surface area is 89.1 Å². The number of rotatable bonds is 3. The topological polar surface area (TPSA) is 61.8 Å². The molecule has 0 aromatic heterocycles. The number of fused-ring (bicyclic) bond motifs is 2. The van der Waals surface area contributed by atoms with Crippen molar-refractivity contribution in [3.05, 3.63) is 12.2 Å². The summed E-state index contributed by atoms with van der Waals surface area (Å²) >= 11 is 0. The molecule has 2 aliphatic rings. The fourth-order valence-corrected chi connectivity index (χ4v) is 2.09. The van der Waals surface area contributed by atoms with Crippen LogP contribution in [0.2, 0.25) is 0 Å². The lowest BCUT2D eigenvalue weighted by Crippen LogP contribution is -2.41. The summed E-state index contributed by atoms with van der Waals surface area (Å²) in [6.07, 6.45) is 6.29. The molecule has 1 aliphatic heterocycles. The van der Waals surface area contributed by atoms with Gasteiger partial charge in [0.15, 0.2) is 6.29 Å². The van der Waals surface area contributed by atoms with Crippen molar-refractivity contribution in [2.75, 3.05) is 12.9 Å². The zero-order valence-corrected chi connectivity index (χ0v) is 9.27. The molecule has 3 atom stereocenters. The van der Waals surface area contributed by atoms with Crippen molar-refractivity contribution in [1.29, 1.82) is 0 Å². The largest absolute Gasteiger partial charge is 0.346 e. The van der Waals surface area contributed by atoms with Gasteiger partial charge in [-0.3, -0.25) is 4.18 Å². The average molecular weight is 234 g/mol. The van der Waals surface area contributed by atoms with Crippen LogP contribution in [-0.4, -0.2) is 39.8 Å². The molecule has 0 saturated carbocycles. The fourth-order valence-electron chi connectivity index (χ4n) is 1.73. The lowest BCUT2D eigenvalue weighted by atomic mass is 10.0. The van der Waals surface area contributed by atoms with E-state index in [1.54, 1.807) is 0 Å². The Morgan fingerprint density at radius 1 is 1.47 bits per heavy atom. The Balaban J connectivity index is 1.88. The SMILES string of the molecule is CS(=O)(=O)OCC1OC2C=CCC(C2)O1. The minimum absolute atomic E-state index is 0.0330. The zero-order valence-electron chi connectivity index (χ0n) is 8.46. The maximum atomic E-state index is 10.8. The van der Waals surface area contributed by atoms with Crippen molar-refractivity contribution in [3.63, 3.8) is 0 Å². The quantitative estimate of drug-likeness (QED) is 0.523. The second-order valence-electron chi connectivity index (χ2n) is 3.75. The molecule has 0 spiro atoms. The van der Waals surface area contributed by atoms with E-state index in [4.69, 9.17) is 9.47 Å². The van der Waals surface area contributed by atoms with Crippen LogP contribution in [0.5, 0.6) is 0 Å². The van der Waals surface area contributed by atoms with Crippen molar-refractivity contribution in [2.24, 2.45) is 0 Å². The summed E-state index contributed by atoms with van der Waals surface area (Å²) in [7, 11) is -3.43. The highest BCUT2D eigenvalue weighted by Gasteiger charge is 2.31. The van der Waals surface area contributed by atoms with Crippen LogP contribution in [-0.2, 0) is 23.8 Å². The summed E-state index contributed by atoms with van der Waals surface area (Å²) in [4.78, 5) is 0. The molecular formula is C9H14O5S. The molecule has 1 heterocycles. The highest BCUT2D eigenvalue weighted by molar-refractivity contribution is 7.85. The van der Waals surface area contributed by atoms with Crippen molar-refractivity contribution < 1.29 is 22.1 Å². The van der Waals surface area contributed by atoms with Gasteiger partial charge >= 0.3 is 0 Å². The third kappa shape index (κ3) is 3.27. The molecule has 0 radical (unpaired) electrons. The predicted octanol–water partition coefficient (Wildman–Crippen LogP) is 0.423. The van der Waals surface area contributed by atoms with E-state index in [0.717, 1.165) is 19.1 Å². The van der Waals surface area contributed by atoms with E-state index >= 15 is 0 Å². The van der Waals surface area contributed by atoms with E-state index in [9.17, 15) is 8.42 Å². The Kier molecular flexibility index (Phi) is 3.11. The maximum Gasteiger partial charge on any atom is 0.264 e. The van der Waals surface area contributed by atoms with Crippen molar-refractivity contribution in [3.8, 4) is 0 Å². The van der Waals surface area contributed by atoms with Gasteiger partial charge in [-0.1, -0.05) is 12.2 Å². The summed E-state index contributed by atoms with van der Waals surface area (Å²) in [6.45, 7) is -0.0698. The molecule has 3 unspecified atom stereocenters. The average Bonchev–Trinajstić information content (AvgIpc) is 2.13. The van der Waals surface area contributed by atoms with Crippen LogP contribution in [0.15, 0.2) is 12.2 Å². The van der Waals surface area contributed by atoms with E-state index < -0.39 is 16.4 Å². The Morgan fingerprint density at radius 2 is 2.27 bits per heavy atom. The molecule has 15 heavy (non-hydrogen) atoms. The molecule has 2 rings (SSSR count). The molecule has 1 aliphatic carbocycles. The van der Waals surface area contributed by atoms with E-state index in [1.807, 2.05) is 12.2 Å². The molecule has 2 bridgehead atoms. The second-order valence-corrected chi connectivity index (χ2v) is 5.39. The van der Waals surface area contributed by atoms with Gasteiger partial charge in [-0.2, -0.15) is 8.42 Å². The maximum absolute atomic E-state index is 10.8. The first-order valence-corrected chi connectivity index (χ1v) is 6.66. The third-order valence-corrected chi connectivity index (χ3v) is 2.90. The lowest BCUT2D eigenvalue weighted by Gasteiger charge is -2.36. The first-order valence-electron chi connectivity index (χ1n) is 4.85. The van der Waals surface area contributed by atoms with Crippen LogP contribution >= 0.6 is 0 Å². The van der Waals surface area contributed by atoms with E-state index in [2.05, 4.69) is 4.18 Å². The number of hydrogen-bond acceptors (Lipinski definition) is 5. The molecule has 0 aromatic carbocycles. The zero-order chi connectivity index (χ0) is 10.9. The fraction of sp³-hybridized carbons (Fsp3) is 0.778. The first-order chi connectivity index (χ1) is 7.03. The Morgan fingerprint density at radius 3 is 2.93 bits per heavy atom. The van der Waals surface area contributed by atoms with Gasteiger partial charge in [0, 0.05) is 6.42 Å². The van der Waals surface area contributed by atoms with Crippen LogP contribution in [0.1, 0.15) is 12.8 Å². The van der Waals surface area contributed by atoms with E-state index in [-0.39, 0.29) is 18.8 Å². The van der Waals surface area contributed by atoms with Gasteiger partial charge in [0.1, 0.15) is 6.61 Å². The summed E-state index contributed by atoms with van der Waals surface area (Å²) in [5.74, 6) is 0. The molecule has 1 saturated heterocycles. The summed E-state index contributed by atoms with van der Waals surface area (Å²) in [5, 5.41) is 0. The first kappa shape index (κ1) is 11.1. The Hall–Kier alpha value is -0.430. The van der Waals surface area contributed by atoms with Gasteiger partial charge in [-0.05, 0) is 6.42 Å². The van der Waals surface area contributed by atoms with Crippen LogP contribution in [0.4, 0.5) is 0 Å². The molecular weight excluding hydrogens is 220 g/mol. The predicted molar refractivity (Wildman–Crippen MR) is 52.7 cm³/mol. The molecule has 0 amide bonds. The van der Waals surface area contributed by atoms with Crippen LogP contribution in [0, 0.1) is 0 Å². The summed E-state index contributed by atoms with van der Waals surface area (Å²) < 4.78 is 37.1. The van der Waals surface area contributed by atoms with Crippen molar-refractivity contribution >= 4 is 10.1 Å². The number of hydrogen-bond donors (Lipinski definition) is 0. The van der Waals surface area contributed by atoms with Gasteiger partial charge in [-0.15, -0.1) is 0 Å². The van der Waals surface area contributed by atoms with E-state index in [1.165, 1.54) is 0 Å². The van der Waals surface area contributed by atoms with Crippen molar-refractivity contribution in [1.82, 2.24) is 0 Å². The second kappa shape index (κ2) is 4.21. The molecule has 0 aromatic rings. The van der Waals surface area contributed by atoms with Gasteiger partial charge in [0.05, 0.1) is 18.5 Å².